The number of esters is 1. The van der Waals surface area contributed by atoms with Crippen molar-refractivity contribution in [3.8, 4) is 0 Å². The molecule has 3 aromatic carbocycles. The van der Waals surface area contributed by atoms with Crippen LogP contribution in [-0.4, -0.2) is 35.1 Å². The summed E-state index contributed by atoms with van der Waals surface area (Å²) in [6.07, 6.45) is 1.79. The van der Waals surface area contributed by atoms with E-state index in [1.165, 1.54) is 52.9 Å². The Morgan fingerprint density at radius 1 is 0.872 bits per heavy atom. The predicted octanol–water partition coefficient (Wildman–Crippen LogP) is 4.56. The summed E-state index contributed by atoms with van der Waals surface area (Å²) in [5, 5.41) is 10.9. The molecule has 9 nitrogen and oxygen atoms in total. The highest BCUT2D eigenvalue weighted by Gasteiger charge is 2.64. The van der Waals surface area contributed by atoms with Gasteiger partial charge in [-0.05, 0) is 60.4 Å². The van der Waals surface area contributed by atoms with Crippen molar-refractivity contribution in [1.29, 1.82) is 0 Å². The molecule has 2 amide bonds. The standard InChI is InChI=1S/C30H24N2O7/c33-25(19-7-4-8-22(13-19)32(37)38)16-39-30(36)18-9-11-21(12-10-18)31-28(34)26-20-14-23(17-5-2-1-3-6-17)24(15-20)27(26)29(31)35/h1-13,20,23-24,26-27H,14-16H2/t20-,23-,24+,26-,27-/m1/s1. The summed E-state index contributed by atoms with van der Waals surface area (Å²) in [6.45, 7) is -0.584. The topological polar surface area (TPSA) is 124 Å². The number of anilines is 1. The minimum atomic E-state index is -0.764. The van der Waals surface area contributed by atoms with Gasteiger partial charge in [0.15, 0.2) is 6.61 Å². The number of benzene rings is 3. The van der Waals surface area contributed by atoms with E-state index in [-0.39, 0.29) is 58.2 Å². The third-order valence-corrected chi connectivity index (χ3v) is 8.32. The van der Waals surface area contributed by atoms with E-state index in [4.69, 9.17) is 4.74 Å². The Hall–Kier alpha value is -4.66. The van der Waals surface area contributed by atoms with E-state index in [1.54, 1.807) is 0 Å². The Labute approximate surface area is 223 Å². The maximum atomic E-state index is 13.5. The van der Waals surface area contributed by atoms with Crippen molar-refractivity contribution < 1.29 is 28.8 Å². The minimum Gasteiger partial charge on any atom is -0.454 e. The molecule has 0 spiro atoms. The Kier molecular flexibility index (Phi) is 6.06. The molecule has 2 bridgehead atoms. The van der Waals surface area contributed by atoms with Crippen LogP contribution >= 0.6 is 0 Å². The number of ketones is 1. The first-order valence-electron chi connectivity index (χ1n) is 12.8. The number of carbonyl (C=O) groups excluding carboxylic acids is 4. The Balaban J connectivity index is 1.12. The predicted molar refractivity (Wildman–Crippen MR) is 139 cm³/mol. The smallest absolute Gasteiger partial charge is 0.338 e. The molecule has 0 aromatic heterocycles. The Morgan fingerprint density at radius 3 is 2.31 bits per heavy atom. The van der Waals surface area contributed by atoms with Crippen LogP contribution in [0.2, 0.25) is 0 Å². The van der Waals surface area contributed by atoms with E-state index in [0.29, 0.717) is 5.69 Å². The normalized spacial score (nSPS) is 25.0. The summed E-state index contributed by atoms with van der Waals surface area (Å²) >= 11 is 0. The lowest BCUT2D eigenvalue weighted by atomic mass is 9.73. The second kappa shape index (κ2) is 9.58. The summed E-state index contributed by atoms with van der Waals surface area (Å²) in [5.41, 5.74) is 1.59. The van der Waals surface area contributed by atoms with E-state index in [1.807, 2.05) is 18.2 Å². The second-order valence-corrected chi connectivity index (χ2v) is 10.3. The van der Waals surface area contributed by atoms with Crippen LogP contribution in [0, 0.1) is 33.8 Å². The quantitative estimate of drug-likeness (QED) is 0.146. The summed E-state index contributed by atoms with van der Waals surface area (Å²) < 4.78 is 5.10. The van der Waals surface area contributed by atoms with Crippen LogP contribution in [0.25, 0.3) is 0 Å². The van der Waals surface area contributed by atoms with Gasteiger partial charge in [-0.1, -0.05) is 42.5 Å². The van der Waals surface area contributed by atoms with Gasteiger partial charge in [-0.2, -0.15) is 0 Å². The third kappa shape index (κ3) is 4.20. The molecule has 2 saturated carbocycles. The van der Waals surface area contributed by atoms with Crippen LogP contribution < -0.4 is 4.90 Å². The van der Waals surface area contributed by atoms with Crippen LogP contribution in [0.15, 0.2) is 78.9 Å². The van der Waals surface area contributed by atoms with Gasteiger partial charge >= 0.3 is 5.97 Å². The number of rotatable bonds is 7. The van der Waals surface area contributed by atoms with Gasteiger partial charge in [0, 0.05) is 17.7 Å². The fourth-order valence-electron chi connectivity index (χ4n) is 6.63. The average Bonchev–Trinajstić information content (AvgIpc) is 3.63. The lowest BCUT2D eigenvalue weighted by Crippen LogP contribution is -2.33. The number of hydrogen-bond acceptors (Lipinski definition) is 7. The molecule has 3 fully saturated rings. The van der Waals surface area contributed by atoms with Crippen LogP contribution in [-0.2, 0) is 14.3 Å². The monoisotopic (exact) mass is 524 g/mol. The number of ether oxygens (including phenoxy) is 1. The fourth-order valence-corrected chi connectivity index (χ4v) is 6.63. The molecule has 0 radical (unpaired) electrons. The summed E-state index contributed by atoms with van der Waals surface area (Å²) in [5.74, 6) is -1.73. The van der Waals surface area contributed by atoms with Gasteiger partial charge in [0.1, 0.15) is 0 Å². The Bertz CT molecular complexity index is 1500. The first kappa shape index (κ1) is 24.7. The van der Waals surface area contributed by atoms with E-state index in [9.17, 15) is 29.3 Å². The maximum Gasteiger partial charge on any atom is 0.338 e. The van der Waals surface area contributed by atoms with E-state index in [2.05, 4.69) is 12.1 Å². The molecule has 2 aliphatic carbocycles. The van der Waals surface area contributed by atoms with Crippen molar-refractivity contribution in [2.75, 3.05) is 11.5 Å². The molecule has 3 aliphatic rings. The number of carbonyl (C=O) groups is 4. The largest absolute Gasteiger partial charge is 0.454 e. The number of nitrogens with zero attached hydrogens (tertiary/aromatic N) is 2. The molecule has 196 valence electrons. The van der Waals surface area contributed by atoms with E-state index >= 15 is 0 Å². The molecule has 39 heavy (non-hydrogen) atoms. The SMILES string of the molecule is O=C(COC(=O)c1ccc(N2C(=O)[C@@H]3[C@H]4C[C@H]([C@H]3C2=O)[C@@H](c2ccccc2)C4)cc1)c1cccc([N+](=O)[O-])c1. The zero-order valence-electron chi connectivity index (χ0n) is 20.8. The van der Waals surface area contributed by atoms with Gasteiger partial charge in [-0.25, -0.2) is 4.79 Å². The third-order valence-electron chi connectivity index (χ3n) is 8.32. The van der Waals surface area contributed by atoms with Crippen molar-refractivity contribution in [2.45, 2.75) is 18.8 Å². The zero-order valence-corrected chi connectivity index (χ0v) is 20.8. The number of fused-ring (bicyclic) bond motifs is 5. The highest BCUT2D eigenvalue weighted by molar-refractivity contribution is 6.22. The number of nitro groups is 1. The summed E-state index contributed by atoms with van der Waals surface area (Å²) in [6, 6.07) is 21.3. The van der Waals surface area contributed by atoms with E-state index < -0.39 is 23.3 Å². The average molecular weight is 525 g/mol. The minimum absolute atomic E-state index is 0.0624. The molecule has 0 unspecified atom stereocenters. The van der Waals surface area contributed by atoms with Crippen molar-refractivity contribution in [3.05, 3.63) is 106 Å². The van der Waals surface area contributed by atoms with Crippen molar-refractivity contribution in [2.24, 2.45) is 23.7 Å². The number of hydrogen-bond donors (Lipinski definition) is 0. The van der Waals surface area contributed by atoms with Crippen LogP contribution in [0.1, 0.15) is 45.0 Å². The lowest BCUT2D eigenvalue weighted by molar-refractivity contribution is -0.384. The molecule has 6 rings (SSSR count). The van der Waals surface area contributed by atoms with Gasteiger partial charge in [0.05, 0.1) is 28.0 Å². The molecule has 9 heteroatoms. The van der Waals surface area contributed by atoms with Crippen LogP contribution in [0.3, 0.4) is 0 Å². The number of non-ortho nitro benzene ring substituents is 1. The maximum absolute atomic E-state index is 13.5. The first-order chi connectivity index (χ1) is 18.8. The van der Waals surface area contributed by atoms with Gasteiger partial charge in [-0.3, -0.25) is 29.4 Å². The van der Waals surface area contributed by atoms with Crippen molar-refractivity contribution in [1.82, 2.24) is 0 Å². The zero-order chi connectivity index (χ0) is 27.3. The molecule has 1 saturated heterocycles. The van der Waals surface area contributed by atoms with E-state index in [0.717, 1.165) is 18.9 Å². The molecule has 1 aliphatic heterocycles. The highest BCUT2D eigenvalue weighted by Crippen LogP contribution is 2.61. The van der Waals surface area contributed by atoms with Crippen molar-refractivity contribution in [3.63, 3.8) is 0 Å². The number of imide groups is 1. The van der Waals surface area contributed by atoms with Gasteiger partial charge in [0.25, 0.3) is 5.69 Å². The molecule has 3 aromatic rings. The highest BCUT2D eigenvalue weighted by atomic mass is 16.6. The van der Waals surface area contributed by atoms with Gasteiger partial charge in [-0.15, -0.1) is 0 Å². The van der Waals surface area contributed by atoms with Crippen molar-refractivity contribution >= 4 is 34.9 Å². The van der Waals surface area contributed by atoms with Gasteiger partial charge < -0.3 is 4.74 Å². The molecule has 1 heterocycles. The van der Waals surface area contributed by atoms with Crippen LogP contribution in [0.4, 0.5) is 11.4 Å². The molecular formula is C30H24N2O7. The van der Waals surface area contributed by atoms with Gasteiger partial charge in [0.2, 0.25) is 17.6 Å². The first-order valence-corrected chi connectivity index (χ1v) is 12.8. The number of Topliss-reactive ketones (excluding diaryl/α,β-unsaturated/α-hetero) is 1. The summed E-state index contributed by atoms with van der Waals surface area (Å²) in [4.78, 5) is 63.3. The second-order valence-electron chi connectivity index (χ2n) is 10.3. The lowest BCUT2D eigenvalue weighted by Gasteiger charge is -2.28. The molecule has 0 N–H and O–H groups in total. The number of nitro benzene ring substituents is 1. The number of amides is 2. The summed E-state index contributed by atoms with van der Waals surface area (Å²) in [7, 11) is 0. The molecule has 5 atom stereocenters. The Morgan fingerprint density at radius 2 is 1.59 bits per heavy atom. The van der Waals surface area contributed by atoms with Crippen LogP contribution in [0.5, 0.6) is 0 Å². The fraction of sp³-hybridized carbons (Fsp3) is 0.267. The molecular weight excluding hydrogens is 500 g/mol.